The van der Waals surface area contributed by atoms with E-state index in [0.29, 0.717) is 12.8 Å². The lowest BCUT2D eigenvalue weighted by atomic mass is 9.86. The Morgan fingerprint density at radius 2 is 1.58 bits per heavy atom. The van der Waals surface area contributed by atoms with E-state index in [-0.39, 0.29) is 18.9 Å². The van der Waals surface area contributed by atoms with E-state index in [1.807, 2.05) is 0 Å². The van der Waals surface area contributed by atoms with Crippen LogP contribution in [0.3, 0.4) is 0 Å². The van der Waals surface area contributed by atoms with E-state index in [1.165, 1.54) is 0 Å². The van der Waals surface area contributed by atoms with Crippen LogP contribution in [0.25, 0.3) is 0 Å². The van der Waals surface area contributed by atoms with Gasteiger partial charge in [-0.15, -0.1) is 0 Å². The fourth-order valence-corrected chi connectivity index (χ4v) is 1.59. The maximum Gasteiger partial charge on any atom is 0.391 e. The summed E-state index contributed by atoms with van der Waals surface area (Å²) in [5.74, 6) is 4.02. The first-order chi connectivity index (χ1) is 5.54. The summed E-state index contributed by atoms with van der Waals surface area (Å²) in [5, 5.41) is 0. The smallest absolute Gasteiger partial charge is 0.271 e. The summed E-state index contributed by atoms with van der Waals surface area (Å²) in [5.41, 5.74) is 2.51. The predicted molar refractivity (Wildman–Crippen MR) is 39.1 cm³/mol. The van der Waals surface area contributed by atoms with Crippen molar-refractivity contribution in [1.82, 2.24) is 5.43 Å². The van der Waals surface area contributed by atoms with Gasteiger partial charge in [-0.2, -0.15) is 13.2 Å². The highest BCUT2D eigenvalue weighted by molar-refractivity contribution is 4.79. The number of nitrogens with one attached hydrogen (secondary N) is 1. The number of nitrogens with two attached hydrogens (primary N) is 1. The molecule has 12 heavy (non-hydrogen) atoms. The Morgan fingerprint density at radius 1 is 1.08 bits per heavy atom. The van der Waals surface area contributed by atoms with Gasteiger partial charge in [0.1, 0.15) is 0 Å². The van der Waals surface area contributed by atoms with Crippen LogP contribution in [0.2, 0.25) is 0 Å². The number of hydrogen-bond donors (Lipinski definition) is 2. The Hall–Kier alpha value is -0.290. The van der Waals surface area contributed by atoms with Crippen molar-refractivity contribution in [2.24, 2.45) is 11.8 Å². The standard InChI is InChI=1S/C7H13F3N2/c8-7(9,10)5-1-3-6(12-11)4-2-5/h5-6,12H,1-4,11H2. The molecule has 72 valence electrons. The van der Waals surface area contributed by atoms with E-state index in [1.54, 1.807) is 0 Å². The molecular weight excluding hydrogens is 169 g/mol. The minimum Gasteiger partial charge on any atom is -0.271 e. The van der Waals surface area contributed by atoms with Gasteiger partial charge < -0.3 is 0 Å². The molecule has 0 aliphatic heterocycles. The van der Waals surface area contributed by atoms with E-state index in [2.05, 4.69) is 5.43 Å². The van der Waals surface area contributed by atoms with Gasteiger partial charge in [-0.25, -0.2) is 0 Å². The molecule has 0 aromatic carbocycles. The molecule has 0 unspecified atom stereocenters. The van der Waals surface area contributed by atoms with Crippen molar-refractivity contribution in [3.05, 3.63) is 0 Å². The van der Waals surface area contributed by atoms with Gasteiger partial charge in [-0.3, -0.25) is 11.3 Å². The van der Waals surface area contributed by atoms with Crippen molar-refractivity contribution in [2.75, 3.05) is 0 Å². The van der Waals surface area contributed by atoms with Gasteiger partial charge in [0.15, 0.2) is 0 Å². The number of hydrazine groups is 1. The quantitative estimate of drug-likeness (QED) is 0.477. The van der Waals surface area contributed by atoms with Crippen LogP contribution in [-0.4, -0.2) is 12.2 Å². The average Bonchev–Trinajstić information content (AvgIpc) is 2.03. The molecule has 1 aliphatic rings. The molecule has 1 saturated carbocycles. The Kier molecular flexibility index (Phi) is 2.95. The van der Waals surface area contributed by atoms with E-state index in [4.69, 9.17) is 5.84 Å². The lowest BCUT2D eigenvalue weighted by molar-refractivity contribution is -0.182. The normalized spacial score (nSPS) is 32.0. The molecule has 0 spiro atoms. The van der Waals surface area contributed by atoms with Crippen LogP contribution in [0.4, 0.5) is 13.2 Å². The zero-order valence-corrected chi connectivity index (χ0v) is 6.69. The summed E-state index contributed by atoms with van der Waals surface area (Å²) in [6.07, 6.45) is -2.54. The Balaban J connectivity index is 2.36. The molecule has 1 rings (SSSR count). The summed E-state index contributed by atoms with van der Waals surface area (Å²) < 4.78 is 36.4. The molecule has 1 fully saturated rings. The molecule has 0 bridgehead atoms. The molecule has 0 radical (unpaired) electrons. The van der Waals surface area contributed by atoms with Gasteiger partial charge in [0.05, 0.1) is 5.92 Å². The fraction of sp³-hybridized carbons (Fsp3) is 1.00. The van der Waals surface area contributed by atoms with Crippen LogP contribution in [0.15, 0.2) is 0 Å². The first-order valence-electron chi connectivity index (χ1n) is 4.07. The third-order valence-electron chi connectivity index (χ3n) is 2.43. The van der Waals surface area contributed by atoms with Crippen LogP contribution >= 0.6 is 0 Å². The molecule has 0 atom stereocenters. The summed E-state index contributed by atoms with van der Waals surface area (Å²) in [7, 11) is 0. The summed E-state index contributed by atoms with van der Waals surface area (Å²) in [4.78, 5) is 0. The third-order valence-corrected chi connectivity index (χ3v) is 2.43. The average molecular weight is 182 g/mol. The second-order valence-electron chi connectivity index (χ2n) is 3.26. The molecule has 5 heteroatoms. The van der Waals surface area contributed by atoms with E-state index < -0.39 is 12.1 Å². The number of hydrogen-bond acceptors (Lipinski definition) is 2. The zero-order valence-electron chi connectivity index (χ0n) is 6.69. The lowest BCUT2D eigenvalue weighted by Gasteiger charge is -2.29. The van der Waals surface area contributed by atoms with Crippen molar-refractivity contribution < 1.29 is 13.2 Å². The van der Waals surface area contributed by atoms with Crippen molar-refractivity contribution in [3.8, 4) is 0 Å². The van der Waals surface area contributed by atoms with Gasteiger partial charge in [0.25, 0.3) is 0 Å². The molecule has 3 N–H and O–H groups in total. The predicted octanol–water partition coefficient (Wildman–Crippen LogP) is 1.57. The van der Waals surface area contributed by atoms with Crippen LogP contribution in [0, 0.1) is 5.92 Å². The lowest BCUT2D eigenvalue weighted by Crippen LogP contribution is -2.40. The van der Waals surface area contributed by atoms with E-state index >= 15 is 0 Å². The number of rotatable bonds is 1. The summed E-state index contributed by atoms with van der Waals surface area (Å²) in [6.45, 7) is 0. The monoisotopic (exact) mass is 182 g/mol. The molecule has 0 aromatic rings. The van der Waals surface area contributed by atoms with Gasteiger partial charge in [0, 0.05) is 6.04 Å². The minimum absolute atomic E-state index is 0.0728. The zero-order chi connectivity index (χ0) is 9.19. The van der Waals surface area contributed by atoms with Gasteiger partial charge in [-0.1, -0.05) is 0 Å². The molecule has 2 nitrogen and oxygen atoms in total. The Bertz CT molecular complexity index is 138. The highest BCUT2D eigenvalue weighted by atomic mass is 19.4. The van der Waals surface area contributed by atoms with Gasteiger partial charge in [-0.05, 0) is 25.7 Å². The first-order valence-corrected chi connectivity index (χ1v) is 4.07. The Labute approximate surface area is 69.3 Å². The Morgan fingerprint density at radius 3 is 1.92 bits per heavy atom. The maximum absolute atomic E-state index is 12.1. The highest BCUT2D eigenvalue weighted by Gasteiger charge is 2.41. The molecule has 0 aromatic heterocycles. The summed E-state index contributed by atoms with van der Waals surface area (Å²) in [6, 6.07) is 0.0728. The maximum atomic E-state index is 12.1. The molecule has 1 aliphatic carbocycles. The number of halogens is 3. The number of alkyl halides is 3. The van der Waals surface area contributed by atoms with E-state index in [9.17, 15) is 13.2 Å². The largest absolute Gasteiger partial charge is 0.391 e. The topological polar surface area (TPSA) is 38.0 Å². The SMILES string of the molecule is NNC1CCC(C(F)(F)F)CC1. The minimum atomic E-state index is -4.01. The third kappa shape index (κ3) is 2.35. The van der Waals surface area contributed by atoms with Crippen LogP contribution in [0.5, 0.6) is 0 Å². The molecule has 0 heterocycles. The van der Waals surface area contributed by atoms with Gasteiger partial charge >= 0.3 is 6.18 Å². The van der Waals surface area contributed by atoms with Crippen molar-refractivity contribution >= 4 is 0 Å². The first kappa shape index (κ1) is 9.80. The highest BCUT2D eigenvalue weighted by Crippen LogP contribution is 2.37. The van der Waals surface area contributed by atoms with Gasteiger partial charge in [0.2, 0.25) is 0 Å². The van der Waals surface area contributed by atoms with Crippen LogP contribution in [0.1, 0.15) is 25.7 Å². The van der Waals surface area contributed by atoms with Crippen molar-refractivity contribution in [2.45, 2.75) is 37.9 Å². The molecule has 0 amide bonds. The van der Waals surface area contributed by atoms with Crippen LogP contribution < -0.4 is 11.3 Å². The second kappa shape index (κ2) is 3.62. The van der Waals surface area contributed by atoms with E-state index in [0.717, 1.165) is 0 Å². The summed E-state index contributed by atoms with van der Waals surface area (Å²) >= 11 is 0. The van der Waals surface area contributed by atoms with Crippen molar-refractivity contribution in [3.63, 3.8) is 0 Å². The van der Waals surface area contributed by atoms with Crippen LogP contribution in [-0.2, 0) is 0 Å². The molecule has 0 saturated heterocycles. The second-order valence-corrected chi connectivity index (χ2v) is 3.26. The van der Waals surface area contributed by atoms with Crippen molar-refractivity contribution in [1.29, 1.82) is 0 Å². The fourth-order valence-electron chi connectivity index (χ4n) is 1.59. The molecular formula is C7H13F3N2.